The molecule has 0 amide bonds. The second kappa shape index (κ2) is 12.2. The summed E-state index contributed by atoms with van der Waals surface area (Å²) in [6, 6.07) is 16.9. The van der Waals surface area contributed by atoms with Crippen LogP contribution in [0.1, 0.15) is 44.9 Å². The number of carbonyl (C=O) groups excluding carboxylic acids is 1. The van der Waals surface area contributed by atoms with Gasteiger partial charge in [0.15, 0.2) is 4.80 Å². The molecule has 0 aliphatic carbocycles. The molecule has 5 rings (SSSR count). The van der Waals surface area contributed by atoms with Gasteiger partial charge in [-0.1, -0.05) is 41.7 Å². The molecule has 0 fully saturated rings. The van der Waals surface area contributed by atoms with Crippen molar-refractivity contribution in [2.45, 2.75) is 33.7 Å². The summed E-state index contributed by atoms with van der Waals surface area (Å²) in [5.74, 6) is 0.723. The fourth-order valence-electron chi connectivity index (χ4n) is 5.55. The number of thiazole rings is 1. The molecule has 0 saturated heterocycles. The molecule has 218 valence electrons. The van der Waals surface area contributed by atoms with Crippen molar-refractivity contribution in [1.82, 2.24) is 4.57 Å². The third-order valence-corrected chi connectivity index (χ3v) is 8.56. The van der Waals surface area contributed by atoms with Gasteiger partial charge in [0.05, 0.1) is 36.6 Å². The summed E-state index contributed by atoms with van der Waals surface area (Å²) in [7, 11) is 3.22. The zero-order chi connectivity index (χ0) is 30.0. The van der Waals surface area contributed by atoms with Crippen LogP contribution in [-0.4, -0.2) is 44.5 Å². The second-order valence-electron chi connectivity index (χ2n) is 9.80. The maximum Gasteiger partial charge on any atom is 0.338 e. The van der Waals surface area contributed by atoms with Crippen molar-refractivity contribution in [1.29, 1.82) is 0 Å². The predicted octanol–water partition coefficient (Wildman–Crippen LogP) is 4.81. The van der Waals surface area contributed by atoms with Crippen LogP contribution in [0.2, 0.25) is 0 Å². The Morgan fingerprint density at radius 3 is 2.45 bits per heavy atom. The Balaban J connectivity index is 1.78. The van der Waals surface area contributed by atoms with E-state index in [2.05, 4.69) is 18.7 Å². The summed E-state index contributed by atoms with van der Waals surface area (Å²) >= 11 is 1.28. The minimum Gasteiger partial charge on any atom is -0.496 e. The van der Waals surface area contributed by atoms with E-state index in [1.807, 2.05) is 60.7 Å². The lowest BCUT2D eigenvalue weighted by Crippen LogP contribution is -2.40. The minimum atomic E-state index is -0.796. The molecule has 0 spiro atoms. The number of hydrogen-bond donors (Lipinski definition) is 0. The third kappa shape index (κ3) is 5.09. The zero-order valence-electron chi connectivity index (χ0n) is 24.8. The van der Waals surface area contributed by atoms with Crippen molar-refractivity contribution < 1.29 is 19.0 Å². The van der Waals surface area contributed by atoms with Gasteiger partial charge in [0, 0.05) is 36.0 Å². The van der Waals surface area contributed by atoms with E-state index in [0.29, 0.717) is 37.7 Å². The fourth-order valence-corrected chi connectivity index (χ4v) is 6.58. The highest BCUT2D eigenvalue weighted by Gasteiger charge is 2.36. The summed E-state index contributed by atoms with van der Waals surface area (Å²) in [5.41, 5.74) is 3.09. The molecule has 2 heterocycles. The van der Waals surface area contributed by atoms with Crippen LogP contribution in [0, 0.1) is 0 Å². The Kier molecular flexibility index (Phi) is 8.49. The van der Waals surface area contributed by atoms with Gasteiger partial charge in [-0.3, -0.25) is 9.36 Å². The monoisotopic (exact) mass is 585 g/mol. The van der Waals surface area contributed by atoms with Crippen LogP contribution < -0.4 is 29.3 Å². The van der Waals surface area contributed by atoms with E-state index >= 15 is 0 Å². The SMILES string of the molecule is CCOC(=O)C1=C(C)N=c2s/c(=C/c3ccc(N(CC)CC)cc3OC)c(=O)n2[C@H]1c1c(OC)ccc2ccccc12. The van der Waals surface area contributed by atoms with Gasteiger partial charge in [0.2, 0.25) is 0 Å². The number of ether oxygens (including phenoxy) is 3. The van der Waals surface area contributed by atoms with Gasteiger partial charge in [-0.15, -0.1) is 0 Å². The summed E-state index contributed by atoms with van der Waals surface area (Å²) < 4.78 is 19.1. The van der Waals surface area contributed by atoms with Gasteiger partial charge in [0.1, 0.15) is 17.5 Å². The molecule has 8 nitrogen and oxygen atoms in total. The van der Waals surface area contributed by atoms with Gasteiger partial charge in [0.25, 0.3) is 5.56 Å². The van der Waals surface area contributed by atoms with E-state index in [4.69, 9.17) is 19.2 Å². The molecule has 4 aromatic rings. The standard InChI is InChI=1S/C33H35N3O5S/c1-7-35(8-2)23-16-14-22(26(19-23)40-6)18-27-31(37)36-30(28(32(38)41-9-3)20(4)34-33(36)42-27)29-24-13-11-10-12-21(24)15-17-25(29)39-5/h10-19,30H,7-9H2,1-6H3/b27-18+/t30-/m1/s1. The molecule has 1 aromatic heterocycles. The van der Waals surface area contributed by atoms with E-state index in [1.54, 1.807) is 32.6 Å². The van der Waals surface area contributed by atoms with Crippen molar-refractivity contribution in [3.05, 3.63) is 96.7 Å². The van der Waals surface area contributed by atoms with Gasteiger partial charge < -0.3 is 19.1 Å². The minimum absolute atomic E-state index is 0.197. The average molecular weight is 586 g/mol. The molecule has 3 aromatic carbocycles. The first-order valence-corrected chi connectivity index (χ1v) is 14.9. The smallest absolute Gasteiger partial charge is 0.338 e. The van der Waals surface area contributed by atoms with Gasteiger partial charge in [-0.25, -0.2) is 9.79 Å². The summed E-state index contributed by atoms with van der Waals surface area (Å²) in [6.45, 7) is 9.70. The number of aromatic nitrogens is 1. The number of esters is 1. The Morgan fingerprint density at radius 2 is 1.76 bits per heavy atom. The van der Waals surface area contributed by atoms with E-state index in [-0.39, 0.29) is 12.2 Å². The summed E-state index contributed by atoms with van der Waals surface area (Å²) in [5, 5.41) is 1.84. The molecule has 1 aliphatic heterocycles. The second-order valence-corrected chi connectivity index (χ2v) is 10.8. The first-order valence-electron chi connectivity index (χ1n) is 14.0. The lowest BCUT2D eigenvalue weighted by molar-refractivity contribution is -0.139. The molecular weight excluding hydrogens is 550 g/mol. The molecule has 0 N–H and O–H groups in total. The molecule has 9 heteroatoms. The first kappa shape index (κ1) is 29.1. The van der Waals surface area contributed by atoms with Crippen LogP contribution in [-0.2, 0) is 9.53 Å². The fraction of sp³-hybridized carbons (Fsp3) is 0.303. The van der Waals surface area contributed by atoms with Gasteiger partial charge in [-0.05, 0) is 62.7 Å². The Labute approximate surface area is 248 Å². The van der Waals surface area contributed by atoms with E-state index in [9.17, 15) is 9.59 Å². The number of allylic oxidation sites excluding steroid dienone is 1. The van der Waals surface area contributed by atoms with Crippen LogP contribution in [0.5, 0.6) is 11.5 Å². The van der Waals surface area contributed by atoms with E-state index in [1.165, 1.54) is 11.3 Å². The predicted molar refractivity (Wildman–Crippen MR) is 167 cm³/mol. The number of methoxy groups -OCH3 is 2. The highest BCUT2D eigenvalue weighted by Crippen LogP contribution is 2.40. The number of hydrogen-bond acceptors (Lipinski definition) is 8. The highest BCUT2D eigenvalue weighted by atomic mass is 32.1. The Hall–Kier alpha value is -4.37. The lowest BCUT2D eigenvalue weighted by Gasteiger charge is -2.27. The van der Waals surface area contributed by atoms with E-state index < -0.39 is 12.0 Å². The third-order valence-electron chi connectivity index (χ3n) is 7.57. The topological polar surface area (TPSA) is 82.4 Å². The molecule has 1 aliphatic rings. The number of rotatable bonds is 9. The van der Waals surface area contributed by atoms with Crippen LogP contribution in [0.4, 0.5) is 5.69 Å². The van der Waals surface area contributed by atoms with E-state index in [0.717, 1.165) is 35.1 Å². The van der Waals surface area contributed by atoms with Crippen LogP contribution in [0.15, 0.2) is 75.7 Å². The molecule has 0 unspecified atom stereocenters. The maximum absolute atomic E-state index is 14.3. The largest absolute Gasteiger partial charge is 0.496 e. The van der Waals surface area contributed by atoms with Gasteiger partial charge in [-0.2, -0.15) is 0 Å². The molecular formula is C33H35N3O5S. The zero-order valence-corrected chi connectivity index (χ0v) is 25.6. The number of fused-ring (bicyclic) bond motifs is 2. The molecule has 0 radical (unpaired) electrons. The molecule has 42 heavy (non-hydrogen) atoms. The maximum atomic E-state index is 14.3. The molecule has 1 atom stereocenters. The number of carbonyl (C=O) groups is 1. The lowest BCUT2D eigenvalue weighted by atomic mass is 9.90. The van der Waals surface area contributed by atoms with Crippen molar-refractivity contribution in [2.75, 3.05) is 38.8 Å². The quantitative estimate of drug-likeness (QED) is 0.262. The summed E-state index contributed by atoms with van der Waals surface area (Å²) in [6.07, 6.45) is 1.83. The highest BCUT2D eigenvalue weighted by molar-refractivity contribution is 7.07. The van der Waals surface area contributed by atoms with Gasteiger partial charge >= 0.3 is 5.97 Å². The summed E-state index contributed by atoms with van der Waals surface area (Å²) in [4.78, 5) is 35.2. The average Bonchev–Trinajstić information content (AvgIpc) is 3.30. The van der Waals surface area contributed by atoms with Crippen molar-refractivity contribution in [3.63, 3.8) is 0 Å². The van der Waals surface area contributed by atoms with Crippen molar-refractivity contribution >= 4 is 39.8 Å². The molecule has 0 saturated carbocycles. The van der Waals surface area contributed by atoms with Crippen LogP contribution in [0.3, 0.4) is 0 Å². The first-order chi connectivity index (χ1) is 20.4. The Bertz CT molecular complexity index is 1870. The Morgan fingerprint density at radius 1 is 1.02 bits per heavy atom. The number of anilines is 1. The number of nitrogens with zero attached hydrogens (tertiary/aromatic N) is 3. The molecule has 0 bridgehead atoms. The van der Waals surface area contributed by atoms with Crippen molar-refractivity contribution in [2.24, 2.45) is 4.99 Å². The van der Waals surface area contributed by atoms with Crippen molar-refractivity contribution in [3.8, 4) is 11.5 Å². The normalized spacial score (nSPS) is 14.9. The van der Waals surface area contributed by atoms with Crippen LogP contribution in [0.25, 0.3) is 16.8 Å². The van der Waals surface area contributed by atoms with Crippen LogP contribution >= 0.6 is 11.3 Å². The number of benzene rings is 3.